The molecule has 0 radical (unpaired) electrons. The van der Waals surface area contributed by atoms with E-state index in [2.05, 4.69) is 5.32 Å². The molecule has 0 bridgehead atoms. The van der Waals surface area contributed by atoms with Crippen molar-refractivity contribution in [1.82, 2.24) is 5.32 Å². The number of anilines is 1. The normalized spacial score (nSPS) is 11.9. The molecule has 2 aromatic rings. The summed E-state index contributed by atoms with van der Waals surface area (Å²) in [7, 11) is 0. The van der Waals surface area contributed by atoms with E-state index in [0.29, 0.717) is 22.4 Å². The summed E-state index contributed by atoms with van der Waals surface area (Å²) in [4.78, 5) is 11.7. The number of alkyl carbamates (subject to hydrolysis) is 1. The van der Waals surface area contributed by atoms with Gasteiger partial charge >= 0.3 is 12.3 Å². The lowest BCUT2D eigenvalue weighted by molar-refractivity contribution is -0.137. The number of nitrogen functional groups attached to an aromatic ring is 1. The third kappa shape index (κ3) is 5.40. The van der Waals surface area contributed by atoms with Gasteiger partial charge in [-0.25, -0.2) is 4.79 Å². The molecule has 0 aliphatic heterocycles. The van der Waals surface area contributed by atoms with Crippen LogP contribution in [0.3, 0.4) is 0 Å². The van der Waals surface area contributed by atoms with Crippen molar-refractivity contribution in [1.29, 1.82) is 0 Å². The molecule has 0 heterocycles. The van der Waals surface area contributed by atoms with E-state index in [4.69, 9.17) is 10.5 Å². The van der Waals surface area contributed by atoms with Gasteiger partial charge in [0.1, 0.15) is 5.60 Å². The van der Waals surface area contributed by atoms with Crippen molar-refractivity contribution in [3.63, 3.8) is 0 Å². The first-order chi connectivity index (χ1) is 12.0. The second kappa shape index (κ2) is 7.27. The minimum atomic E-state index is -4.41. The fraction of sp³-hybridized carbons (Fsp3) is 0.316. The molecular weight excluding hydrogens is 345 g/mol. The standard InChI is InChI=1S/C19H21F3N2O2/c1-18(2,3)26-17(25)24-11-12-7-8-15(16(23)9-12)13-5-4-6-14(10-13)19(20,21)22/h4-10H,11,23H2,1-3H3,(H,24,25). The molecule has 2 rings (SSSR count). The molecule has 0 aliphatic carbocycles. The molecule has 0 saturated heterocycles. The van der Waals surface area contributed by atoms with Crippen LogP contribution in [-0.4, -0.2) is 11.7 Å². The van der Waals surface area contributed by atoms with Crippen molar-refractivity contribution in [2.24, 2.45) is 0 Å². The van der Waals surface area contributed by atoms with E-state index in [-0.39, 0.29) is 6.54 Å². The summed E-state index contributed by atoms with van der Waals surface area (Å²) < 4.78 is 43.7. The minimum absolute atomic E-state index is 0.196. The van der Waals surface area contributed by atoms with E-state index in [1.54, 1.807) is 45.0 Å². The average Bonchev–Trinajstić information content (AvgIpc) is 2.51. The molecule has 0 fully saturated rings. The Hall–Kier alpha value is -2.70. The van der Waals surface area contributed by atoms with Crippen molar-refractivity contribution in [2.45, 2.75) is 39.1 Å². The molecular formula is C19H21F3N2O2. The summed E-state index contributed by atoms with van der Waals surface area (Å²) in [6, 6.07) is 9.94. The Morgan fingerprint density at radius 2 is 1.81 bits per heavy atom. The maximum absolute atomic E-state index is 12.9. The van der Waals surface area contributed by atoms with Gasteiger partial charge in [0, 0.05) is 17.8 Å². The van der Waals surface area contributed by atoms with Crippen LogP contribution < -0.4 is 11.1 Å². The van der Waals surface area contributed by atoms with Gasteiger partial charge in [-0.2, -0.15) is 13.2 Å². The fourth-order valence-corrected chi connectivity index (χ4v) is 2.34. The Bertz CT molecular complexity index is 796. The molecule has 0 aromatic heterocycles. The van der Waals surface area contributed by atoms with Crippen LogP contribution in [0, 0.1) is 0 Å². The van der Waals surface area contributed by atoms with Gasteiger partial charge in [-0.15, -0.1) is 0 Å². The Balaban J connectivity index is 2.14. The van der Waals surface area contributed by atoms with Crippen LogP contribution >= 0.6 is 0 Å². The number of amides is 1. The van der Waals surface area contributed by atoms with Crippen LogP contribution in [0.2, 0.25) is 0 Å². The number of ether oxygens (including phenoxy) is 1. The molecule has 1 amide bonds. The molecule has 26 heavy (non-hydrogen) atoms. The Morgan fingerprint density at radius 1 is 1.12 bits per heavy atom. The third-order valence-electron chi connectivity index (χ3n) is 3.45. The molecule has 0 unspecified atom stereocenters. The first kappa shape index (κ1) is 19.6. The van der Waals surface area contributed by atoms with Gasteiger partial charge in [-0.1, -0.05) is 24.3 Å². The highest BCUT2D eigenvalue weighted by Gasteiger charge is 2.30. The molecule has 4 nitrogen and oxygen atoms in total. The van der Waals surface area contributed by atoms with Gasteiger partial charge in [0.05, 0.1) is 5.56 Å². The molecule has 3 N–H and O–H groups in total. The number of nitrogens with two attached hydrogens (primary N) is 1. The number of halogens is 3. The second-order valence-corrected chi connectivity index (χ2v) is 6.86. The van der Waals surface area contributed by atoms with Gasteiger partial charge in [-0.05, 0) is 50.1 Å². The van der Waals surface area contributed by atoms with E-state index >= 15 is 0 Å². The van der Waals surface area contributed by atoms with Gasteiger partial charge in [0.25, 0.3) is 0 Å². The van der Waals surface area contributed by atoms with Gasteiger partial charge in [0.2, 0.25) is 0 Å². The maximum atomic E-state index is 12.9. The SMILES string of the molecule is CC(C)(C)OC(=O)NCc1ccc(-c2cccc(C(F)(F)F)c2)c(N)c1. The molecule has 2 aromatic carbocycles. The van der Waals surface area contributed by atoms with Crippen LogP contribution in [0.15, 0.2) is 42.5 Å². The molecule has 0 saturated carbocycles. The number of carbonyl (C=O) groups is 1. The largest absolute Gasteiger partial charge is 0.444 e. The van der Waals surface area contributed by atoms with Crippen LogP contribution in [-0.2, 0) is 17.5 Å². The van der Waals surface area contributed by atoms with Gasteiger partial charge in [-0.3, -0.25) is 0 Å². The Morgan fingerprint density at radius 3 is 2.38 bits per heavy atom. The number of carbonyl (C=O) groups excluding carboxylic acids is 1. The molecule has 0 aliphatic rings. The predicted molar refractivity (Wildman–Crippen MR) is 94.4 cm³/mol. The minimum Gasteiger partial charge on any atom is -0.444 e. The number of benzene rings is 2. The maximum Gasteiger partial charge on any atom is 0.416 e. The van der Waals surface area contributed by atoms with Crippen molar-refractivity contribution >= 4 is 11.8 Å². The highest BCUT2D eigenvalue weighted by molar-refractivity contribution is 5.77. The third-order valence-corrected chi connectivity index (χ3v) is 3.45. The predicted octanol–water partition coefficient (Wildman–Crippen LogP) is 4.98. The summed E-state index contributed by atoms with van der Waals surface area (Å²) in [6.45, 7) is 5.47. The van der Waals surface area contributed by atoms with Crippen LogP contribution in [0.4, 0.5) is 23.7 Å². The zero-order valence-corrected chi connectivity index (χ0v) is 14.8. The first-order valence-corrected chi connectivity index (χ1v) is 7.98. The highest BCUT2D eigenvalue weighted by Crippen LogP contribution is 2.34. The molecule has 7 heteroatoms. The molecule has 140 valence electrons. The first-order valence-electron chi connectivity index (χ1n) is 7.98. The van der Waals surface area contributed by atoms with Crippen molar-refractivity contribution in [3.8, 4) is 11.1 Å². The van der Waals surface area contributed by atoms with E-state index in [9.17, 15) is 18.0 Å². The summed E-state index contributed by atoms with van der Waals surface area (Å²) in [5.41, 5.74) is 6.58. The number of hydrogen-bond acceptors (Lipinski definition) is 3. The topological polar surface area (TPSA) is 64.3 Å². The quantitative estimate of drug-likeness (QED) is 0.753. The van der Waals surface area contributed by atoms with Crippen molar-refractivity contribution < 1.29 is 22.7 Å². The van der Waals surface area contributed by atoms with E-state index < -0.39 is 23.4 Å². The Labute approximate surface area is 150 Å². The van der Waals surface area contributed by atoms with Crippen molar-refractivity contribution in [2.75, 3.05) is 5.73 Å². The van der Waals surface area contributed by atoms with E-state index in [0.717, 1.165) is 12.1 Å². The zero-order chi connectivity index (χ0) is 19.5. The zero-order valence-electron chi connectivity index (χ0n) is 14.8. The lowest BCUT2D eigenvalue weighted by Gasteiger charge is -2.19. The van der Waals surface area contributed by atoms with Crippen LogP contribution in [0.5, 0.6) is 0 Å². The summed E-state index contributed by atoms with van der Waals surface area (Å²) >= 11 is 0. The lowest BCUT2D eigenvalue weighted by Crippen LogP contribution is -2.32. The van der Waals surface area contributed by atoms with E-state index in [1.165, 1.54) is 6.07 Å². The summed E-state index contributed by atoms with van der Waals surface area (Å²) in [5.74, 6) is 0. The highest BCUT2D eigenvalue weighted by atomic mass is 19.4. The van der Waals surface area contributed by atoms with Crippen LogP contribution in [0.1, 0.15) is 31.9 Å². The monoisotopic (exact) mass is 366 g/mol. The fourth-order valence-electron chi connectivity index (χ4n) is 2.34. The van der Waals surface area contributed by atoms with E-state index in [1.807, 2.05) is 0 Å². The molecule has 0 atom stereocenters. The second-order valence-electron chi connectivity index (χ2n) is 6.86. The van der Waals surface area contributed by atoms with Crippen molar-refractivity contribution in [3.05, 3.63) is 53.6 Å². The summed E-state index contributed by atoms with van der Waals surface area (Å²) in [6.07, 6.45) is -4.97. The number of hydrogen-bond donors (Lipinski definition) is 2. The smallest absolute Gasteiger partial charge is 0.416 e. The lowest BCUT2D eigenvalue weighted by atomic mass is 9.99. The number of nitrogens with one attached hydrogen (secondary N) is 1. The summed E-state index contributed by atoms with van der Waals surface area (Å²) in [5, 5.41) is 2.61. The van der Waals surface area contributed by atoms with Gasteiger partial charge < -0.3 is 15.8 Å². The Kier molecular flexibility index (Phi) is 5.49. The van der Waals surface area contributed by atoms with Crippen LogP contribution in [0.25, 0.3) is 11.1 Å². The number of alkyl halides is 3. The average molecular weight is 366 g/mol. The number of rotatable bonds is 3. The van der Waals surface area contributed by atoms with Gasteiger partial charge in [0.15, 0.2) is 0 Å². The molecule has 0 spiro atoms.